The van der Waals surface area contributed by atoms with Gasteiger partial charge in [-0.3, -0.25) is 13.9 Å². The van der Waals surface area contributed by atoms with E-state index in [1.165, 1.54) is 17.0 Å². The largest absolute Gasteiger partial charge is 0.350 e. The number of para-hydroxylation sites is 1. The second-order valence-corrected chi connectivity index (χ2v) is 15.0. The number of nitrogens with one attached hydrogen (secondary N) is 1. The topological polar surface area (TPSA) is 86.8 Å². The summed E-state index contributed by atoms with van der Waals surface area (Å²) < 4.78 is 29.6. The van der Waals surface area contributed by atoms with Gasteiger partial charge in [0.25, 0.3) is 10.0 Å². The van der Waals surface area contributed by atoms with Crippen LogP contribution in [0.5, 0.6) is 0 Å². The van der Waals surface area contributed by atoms with Crippen molar-refractivity contribution in [2.24, 2.45) is 0 Å². The Bertz CT molecular complexity index is 1790. The molecule has 242 valence electrons. The van der Waals surface area contributed by atoms with E-state index in [-0.39, 0.29) is 23.8 Å². The molecule has 2 amide bonds. The maximum atomic E-state index is 14.6. The van der Waals surface area contributed by atoms with E-state index in [1.54, 1.807) is 61.5 Å². The Labute approximate surface area is 282 Å². The zero-order valence-electron chi connectivity index (χ0n) is 26.6. The number of carbonyl (C=O) groups excluding carboxylic acids is 2. The van der Waals surface area contributed by atoms with Crippen molar-refractivity contribution in [1.82, 2.24) is 10.2 Å². The zero-order chi connectivity index (χ0) is 33.6. The number of anilines is 1. The van der Waals surface area contributed by atoms with Gasteiger partial charge < -0.3 is 10.2 Å². The molecule has 1 N–H and O–H groups in total. The van der Waals surface area contributed by atoms with E-state index in [4.69, 9.17) is 23.2 Å². The van der Waals surface area contributed by atoms with Crippen molar-refractivity contribution < 1.29 is 18.0 Å². The fourth-order valence-corrected chi connectivity index (χ4v) is 6.83. The normalized spacial score (nSPS) is 12.3. The molecule has 0 radical (unpaired) electrons. The van der Waals surface area contributed by atoms with Gasteiger partial charge in [-0.15, -0.1) is 0 Å². The van der Waals surface area contributed by atoms with Crippen LogP contribution in [0.25, 0.3) is 0 Å². The van der Waals surface area contributed by atoms with E-state index < -0.39 is 34.1 Å². The molecule has 0 aliphatic carbocycles. The molecule has 1 atom stereocenters. The Morgan fingerprint density at radius 3 is 2.04 bits per heavy atom. The molecule has 0 saturated heterocycles. The van der Waals surface area contributed by atoms with Crippen LogP contribution in [-0.4, -0.2) is 43.3 Å². The monoisotopic (exact) mass is 679 g/mol. The van der Waals surface area contributed by atoms with Gasteiger partial charge in [0.2, 0.25) is 11.8 Å². The first-order valence-corrected chi connectivity index (χ1v) is 17.1. The summed E-state index contributed by atoms with van der Waals surface area (Å²) in [5.41, 5.74) is 2.82. The minimum atomic E-state index is -4.19. The summed E-state index contributed by atoms with van der Waals surface area (Å²) in [4.78, 5) is 30.1. The molecule has 0 aliphatic rings. The number of rotatable bonds is 11. The van der Waals surface area contributed by atoms with Gasteiger partial charge in [-0.05, 0) is 81.6 Å². The number of sulfonamides is 1. The molecule has 10 heteroatoms. The van der Waals surface area contributed by atoms with Crippen LogP contribution in [0.15, 0.2) is 102 Å². The summed E-state index contributed by atoms with van der Waals surface area (Å²) in [7, 11) is -4.19. The third kappa shape index (κ3) is 8.90. The van der Waals surface area contributed by atoms with Crippen LogP contribution in [0.4, 0.5) is 5.69 Å². The molecular weight excluding hydrogens is 641 g/mol. The van der Waals surface area contributed by atoms with Crippen molar-refractivity contribution in [2.75, 3.05) is 10.8 Å². The lowest BCUT2D eigenvalue weighted by Crippen LogP contribution is -2.56. The fourth-order valence-electron chi connectivity index (χ4n) is 5.04. The van der Waals surface area contributed by atoms with Crippen molar-refractivity contribution in [3.63, 3.8) is 0 Å². The second-order valence-electron chi connectivity index (χ2n) is 12.3. The van der Waals surface area contributed by atoms with Gasteiger partial charge in [0.15, 0.2) is 0 Å². The SMILES string of the molecule is Cc1ccc(S(=O)(=O)N(CC(=O)N(Cc2ccc(Cl)c(Cl)c2)C(Cc2ccccc2)C(=O)NC(C)(C)C)c2ccccc2C)cc1. The first-order chi connectivity index (χ1) is 21.7. The maximum Gasteiger partial charge on any atom is 0.264 e. The van der Waals surface area contributed by atoms with E-state index in [9.17, 15) is 18.0 Å². The molecular formula is C36H39Cl2N3O4S. The Hall–Kier alpha value is -3.85. The molecule has 0 heterocycles. The number of amides is 2. The third-order valence-electron chi connectivity index (χ3n) is 7.38. The van der Waals surface area contributed by atoms with Gasteiger partial charge in [-0.1, -0.05) is 95.5 Å². The van der Waals surface area contributed by atoms with E-state index in [0.717, 1.165) is 15.4 Å². The molecule has 7 nitrogen and oxygen atoms in total. The number of halogens is 2. The predicted molar refractivity (Wildman–Crippen MR) is 186 cm³/mol. The molecule has 0 fully saturated rings. The maximum absolute atomic E-state index is 14.6. The molecule has 0 aliphatic heterocycles. The number of carbonyl (C=O) groups is 2. The molecule has 4 aromatic rings. The average Bonchev–Trinajstić information content (AvgIpc) is 2.99. The van der Waals surface area contributed by atoms with Gasteiger partial charge in [-0.25, -0.2) is 8.42 Å². The highest BCUT2D eigenvalue weighted by Gasteiger charge is 2.36. The van der Waals surface area contributed by atoms with Crippen molar-refractivity contribution in [2.45, 2.75) is 64.1 Å². The quantitative estimate of drug-likeness (QED) is 0.179. The Morgan fingerprint density at radius 1 is 0.804 bits per heavy atom. The van der Waals surface area contributed by atoms with Crippen LogP contribution in [-0.2, 0) is 32.6 Å². The highest BCUT2D eigenvalue weighted by Crippen LogP contribution is 2.29. The van der Waals surface area contributed by atoms with E-state index in [1.807, 2.05) is 58.0 Å². The summed E-state index contributed by atoms with van der Waals surface area (Å²) in [6.07, 6.45) is 0.199. The second kappa shape index (κ2) is 14.7. The van der Waals surface area contributed by atoms with Gasteiger partial charge in [0.05, 0.1) is 20.6 Å². The Balaban J connectivity index is 1.84. The number of hydrogen-bond acceptors (Lipinski definition) is 4. The number of aryl methyl sites for hydroxylation is 2. The first kappa shape index (κ1) is 35.0. The lowest BCUT2D eigenvalue weighted by molar-refractivity contribution is -0.140. The number of nitrogens with zero attached hydrogens (tertiary/aromatic N) is 2. The Morgan fingerprint density at radius 2 is 1.43 bits per heavy atom. The molecule has 46 heavy (non-hydrogen) atoms. The molecule has 0 aromatic heterocycles. The molecule has 0 saturated carbocycles. The van der Waals surface area contributed by atoms with Crippen LogP contribution in [0.3, 0.4) is 0 Å². The van der Waals surface area contributed by atoms with E-state index in [0.29, 0.717) is 26.9 Å². The fraction of sp³-hybridized carbons (Fsp3) is 0.278. The van der Waals surface area contributed by atoms with E-state index in [2.05, 4.69) is 5.32 Å². The lowest BCUT2D eigenvalue weighted by atomic mass is 10.0. The van der Waals surface area contributed by atoms with Crippen LogP contribution in [0.1, 0.15) is 43.0 Å². The summed E-state index contributed by atoms with van der Waals surface area (Å²) in [5.74, 6) is -0.927. The van der Waals surface area contributed by atoms with Crippen LogP contribution in [0, 0.1) is 13.8 Å². The van der Waals surface area contributed by atoms with Crippen LogP contribution >= 0.6 is 23.2 Å². The predicted octanol–water partition coefficient (Wildman–Crippen LogP) is 7.36. The molecule has 1 unspecified atom stereocenters. The minimum absolute atomic E-state index is 0.0169. The summed E-state index contributed by atoms with van der Waals surface area (Å²) in [6, 6.07) is 26.9. The van der Waals surface area contributed by atoms with Crippen molar-refractivity contribution in [1.29, 1.82) is 0 Å². The van der Waals surface area contributed by atoms with Gasteiger partial charge in [0, 0.05) is 18.5 Å². The van der Waals surface area contributed by atoms with Crippen molar-refractivity contribution in [3.8, 4) is 0 Å². The average molecular weight is 681 g/mol. The third-order valence-corrected chi connectivity index (χ3v) is 9.89. The highest BCUT2D eigenvalue weighted by atomic mass is 35.5. The number of benzene rings is 4. The summed E-state index contributed by atoms with van der Waals surface area (Å²) >= 11 is 12.5. The Kier molecular flexibility index (Phi) is 11.2. The minimum Gasteiger partial charge on any atom is -0.350 e. The molecule has 4 aromatic carbocycles. The van der Waals surface area contributed by atoms with Gasteiger partial charge in [-0.2, -0.15) is 0 Å². The van der Waals surface area contributed by atoms with Crippen molar-refractivity contribution >= 4 is 50.7 Å². The van der Waals surface area contributed by atoms with Crippen LogP contribution < -0.4 is 9.62 Å². The van der Waals surface area contributed by atoms with E-state index >= 15 is 0 Å². The molecule has 4 rings (SSSR count). The number of hydrogen-bond donors (Lipinski definition) is 1. The molecule has 0 bridgehead atoms. The summed E-state index contributed by atoms with van der Waals surface area (Å²) in [5, 5.41) is 3.68. The standard InChI is InChI=1S/C36H39Cl2N3O4S/c1-25-15-18-29(19-16-25)46(44,45)41(32-14-10-9-11-26(32)2)24-34(42)40(23-28-17-20-30(37)31(38)21-28)33(35(43)39-36(3,4)5)22-27-12-7-6-8-13-27/h6-21,33H,22-24H2,1-5H3,(H,39,43). The lowest BCUT2D eigenvalue weighted by Gasteiger charge is -2.35. The summed E-state index contributed by atoms with van der Waals surface area (Å²) in [6.45, 7) is 8.69. The first-order valence-electron chi connectivity index (χ1n) is 14.9. The van der Waals surface area contributed by atoms with Gasteiger partial charge in [0.1, 0.15) is 12.6 Å². The zero-order valence-corrected chi connectivity index (χ0v) is 29.0. The highest BCUT2D eigenvalue weighted by molar-refractivity contribution is 7.92. The van der Waals surface area contributed by atoms with Crippen LogP contribution in [0.2, 0.25) is 10.0 Å². The van der Waals surface area contributed by atoms with Gasteiger partial charge >= 0.3 is 0 Å². The van der Waals surface area contributed by atoms with Crippen molar-refractivity contribution in [3.05, 3.63) is 129 Å². The molecule has 0 spiro atoms. The smallest absolute Gasteiger partial charge is 0.264 e.